The van der Waals surface area contributed by atoms with Crippen molar-refractivity contribution in [1.82, 2.24) is 5.32 Å². The van der Waals surface area contributed by atoms with Crippen molar-refractivity contribution < 1.29 is 9.59 Å². The first kappa shape index (κ1) is 13.6. The molecule has 102 valence electrons. The third-order valence-corrected chi connectivity index (χ3v) is 3.32. The van der Waals surface area contributed by atoms with Gasteiger partial charge in [-0.2, -0.15) is 0 Å². The largest absolute Gasteiger partial charge is 0.337 e. The Morgan fingerprint density at radius 2 is 1.89 bits per heavy atom. The zero-order valence-corrected chi connectivity index (χ0v) is 11.6. The van der Waals surface area contributed by atoms with Gasteiger partial charge in [0.25, 0.3) is 0 Å². The molecule has 0 spiro atoms. The Labute approximate surface area is 113 Å². The van der Waals surface area contributed by atoms with Gasteiger partial charge < -0.3 is 5.32 Å². The van der Waals surface area contributed by atoms with E-state index >= 15 is 0 Å². The van der Waals surface area contributed by atoms with Gasteiger partial charge >= 0.3 is 6.03 Å². The molecule has 1 aromatic rings. The number of amides is 3. The van der Waals surface area contributed by atoms with E-state index in [1.165, 1.54) is 4.90 Å². The molecule has 1 atom stereocenters. The predicted molar refractivity (Wildman–Crippen MR) is 75.0 cm³/mol. The third kappa shape index (κ3) is 2.95. The van der Waals surface area contributed by atoms with E-state index in [9.17, 15) is 9.59 Å². The summed E-state index contributed by atoms with van der Waals surface area (Å²) in [5.74, 6) is 0.212. The molecule has 1 unspecified atom stereocenters. The lowest BCUT2D eigenvalue weighted by Gasteiger charge is -2.32. The summed E-state index contributed by atoms with van der Waals surface area (Å²) in [6, 6.07) is 7.10. The van der Waals surface area contributed by atoms with Gasteiger partial charge in [0.1, 0.15) is 0 Å². The summed E-state index contributed by atoms with van der Waals surface area (Å²) in [6.45, 7) is 6.58. The molecule has 1 saturated heterocycles. The highest BCUT2D eigenvalue weighted by atomic mass is 16.2. The predicted octanol–water partition coefficient (Wildman–Crippen LogP) is 2.71. The number of nitrogens with zero attached hydrogens (tertiary/aromatic N) is 1. The van der Waals surface area contributed by atoms with E-state index in [-0.39, 0.29) is 17.9 Å². The standard InChI is InChI=1S/C15H20N2O2/c1-10(2)8-12-9-16-15(19)17(14(12)18)13-6-4-11(3)5-7-13/h4-7,10,12H,8-9H2,1-3H3,(H,16,19). The minimum Gasteiger partial charge on any atom is -0.337 e. The van der Waals surface area contributed by atoms with Crippen LogP contribution in [0, 0.1) is 18.8 Å². The van der Waals surface area contributed by atoms with E-state index in [1.807, 2.05) is 31.2 Å². The van der Waals surface area contributed by atoms with Gasteiger partial charge in [-0.05, 0) is 31.4 Å². The second-order valence-electron chi connectivity index (χ2n) is 5.52. The van der Waals surface area contributed by atoms with E-state index in [1.54, 1.807) is 0 Å². The molecule has 1 aliphatic heterocycles. The van der Waals surface area contributed by atoms with Gasteiger partial charge in [-0.3, -0.25) is 4.79 Å². The van der Waals surface area contributed by atoms with Gasteiger partial charge in [0, 0.05) is 6.54 Å². The maximum absolute atomic E-state index is 12.4. The zero-order valence-electron chi connectivity index (χ0n) is 11.6. The van der Waals surface area contributed by atoms with Crippen molar-refractivity contribution in [1.29, 1.82) is 0 Å². The lowest BCUT2D eigenvalue weighted by molar-refractivity contribution is -0.122. The fraction of sp³-hybridized carbons (Fsp3) is 0.467. The minimum atomic E-state index is -0.325. The molecular weight excluding hydrogens is 240 g/mol. The first-order valence-electron chi connectivity index (χ1n) is 6.67. The highest BCUT2D eigenvalue weighted by molar-refractivity contribution is 6.16. The number of carbonyl (C=O) groups excluding carboxylic acids is 2. The Kier molecular flexibility index (Phi) is 3.88. The monoisotopic (exact) mass is 260 g/mol. The highest BCUT2D eigenvalue weighted by Crippen LogP contribution is 2.23. The Morgan fingerprint density at radius 3 is 2.47 bits per heavy atom. The van der Waals surface area contributed by atoms with Gasteiger partial charge in [0.2, 0.25) is 5.91 Å². The zero-order chi connectivity index (χ0) is 14.0. The molecule has 1 N–H and O–H groups in total. The Bertz CT molecular complexity index is 479. The topological polar surface area (TPSA) is 49.4 Å². The number of hydrogen-bond donors (Lipinski definition) is 1. The van der Waals surface area contributed by atoms with Crippen LogP contribution in [0.1, 0.15) is 25.8 Å². The average molecular weight is 260 g/mol. The van der Waals surface area contributed by atoms with Gasteiger partial charge in [-0.15, -0.1) is 0 Å². The van der Waals surface area contributed by atoms with E-state index in [4.69, 9.17) is 0 Å². The van der Waals surface area contributed by atoms with Gasteiger partial charge in [0.15, 0.2) is 0 Å². The second kappa shape index (κ2) is 5.43. The molecule has 1 heterocycles. The molecule has 4 heteroatoms. The molecule has 0 saturated carbocycles. The Hall–Kier alpha value is -1.84. The van der Waals surface area contributed by atoms with Gasteiger partial charge in [0.05, 0.1) is 11.6 Å². The molecule has 1 fully saturated rings. The molecule has 2 rings (SSSR count). The number of rotatable bonds is 3. The van der Waals surface area contributed by atoms with Crippen LogP contribution in [0.15, 0.2) is 24.3 Å². The Balaban J connectivity index is 2.24. The molecule has 1 aromatic carbocycles. The fourth-order valence-electron chi connectivity index (χ4n) is 2.35. The van der Waals surface area contributed by atoms with Crippen LogP contribution in [0.4, 0.5) is 10.5 Å². The summed E-state index contributed by atoms with van der Waals surface area (Å²) in [5.41, 5.74) is 1.74. The van der Waals surface area contributed by atoms with Crippen molar-refractivity contribution in [3.05, 3.63) is 29.8 Å². The van der Waals surface area contributed by atoms with Crippen molar-refractivity contribution in [2.45, 2.75) is 27.2 Å². The fourth-order valence-corrected chi connectivity index (χ4v) is 2.35. The quantitative estimate of drug-likeness (QED) is 0.908. The van der Waals surface area contributed by atoms with Gasteiger partial charge in [-0.1, -0.05) is 31.5 Å². The third-order valence-electron chi connectivity index (χ3n) is 3.32. The van der Waals surface area contributed by atoms with Crippen LogP contribution in [0.2, 0.25) is 0 Å². The normalized spacial score (nSPS) is 19.8. The number of aryl methyl sites for hydroxylation is 1. The van der Waals surface area contributed by atoms with Crippen molar-refractivity contribution in [2.24, 2.45) is 11.8 Å². The summed E-state index contributed by atoms with van der Waals surface area (Å²) in [6.07, 6.45) is 0.793. The van der Waals surface area contributed by atoms with Crippen LogP contribution in [0.25, 0.3) is 0 Å². The molecule has 0 bridgehead atoms. The molecule has 1 aliphatic rings. The summed E-state index contributed by atoms with van der Waals surface area (Å²) < 4.78 is 0. The van der Waals surface area contributed by atoms with Gasteiger partial charge in [-0.25, -0.2) is 9.69 Å². The smallest absolute Gasteiger partial charge is 0.328 e. The van der Waals surface area contributed by atoms with Crippen LogP contribution in [0.3, 0.4) is 0 Å². The molecule has 4 nitrogen and oxygen atoms in total. The van der Waals surface area contributed by atoms with Crippen molar-refractivity contribution >= 4 is 17.6 Å². The lowest BCUT2D eigenvalue weighted by Crippen LogP contribution is -2.55. The van der Waals surface area contributed by atoms with Crippen LogP contribution < -0.4 is 10.2 Å². The Morgan fingerprint density at radius 1 is 1.26 bits per heavy atom. The molecular formula is C15H20N2O2. The number of urea groups is 1. The summed E-state index contributed by atoms with van der Waals surface area (Å²) >= 11 is 0. The maximum atomic E-state index is 12.4. The van der Waals surface area contributed by atoms with E-state index < -0.39 is 0 Å². The second-order valence-corrected chi connectivity index (χ2v) is 5.52. The first-order chi connectivity index (χ1) is 8.99. The van der Waals surface area contributed by atoms with Crippen molar-refractivity contribution in [3.8, 4) is 0 Å². The average Bonchev–Trinajstić information content (AvgIpc) is 2.35. The summed E-state index contributed by atoms with van der Waals surface area (Å²) in [5, 5.41) is 2.80. The summed E-state index contributed by atoms with van der Waals surface area (Å²) in [4.78, 5) is 25.6. The first-order valence-corrected chi connectivity index (χ1v) is 6.67. The maximum Gasteiger partial charge on any atom is 0.328 e. The van der Waals surface area contributed by atoms with E-state index in [2.05, 4.69) is 19.2 Å². The van der Waals surface area contributed by atoms with Crippen molar-refractivity contribution in [3.63, 3.8) is 0 Å². The molecule has 0 aromatic heterocycles. The number of anilines is 1. The molecule has 19 heavy (non-hydrogen) atoms. The minimum absolute atomic E-state index is 0.0960. The molecule has 0 aliphatic carbocycles. The van der Waals surface area contributed by atoms with Crippen LogP contribution in [0.5, 0.6) is 0 Å². The van der Waals surface area contributed by atoms with Crippen LogP contribution in [-0.2, 0) is 4.79 Å². The number of imide groups is 1. The molecule has 3 amide bonds. The van der Waals surface area contributed by atoms with E-state index in [0.717, 1.165) is 12.0 Å². The SMILES string of the molecule is Cc1ccc(N2C(=O)NCC(CC(C)C)C2=O)cc1. The number of hydrogen-bond acceptors (Lipinski definition) is 2. The molecule has 0 radical (unpaired) electrons. The van der Waals surface area contributed by atoms with Crippen LogP contribution >= 0.6 is 0 Å². The number of carbonyl (C=O) groups is 2. The summed E-state index contributed by atoms with van der Waals surface area (Å²) in [7, 11) is 0. The number of benzene rings is 1. The van der Waals surface area contributed by atoms with E-state index in [0.29, 0.717) is 18.2 Å². The lowest BCUT2D eigenvalue weighted by atomic mass is 9.94. The van der Waals surface area contributed by atoms with Crippen LogP contribution in [-0.4, -0.2) is 18.5 Å². The highest BCUT2D eigenvalue weighted by Gasteiger charge is 2.35. The number of nitrogens with one attached hydrogen (secondary N) is 1. The van der Waals surface area contributed by atoms with Crippen molar-refractivity contribution in [2.75, 3.05) is 11.4 Å².